The quantitative estimate of drug-likeness (QED) is 0.863. The van der Waals surface area contributed by atoms with E-state index in [4.69, 9.17) is 15.7 Å². The average molecular weight is 269 g/mol. The lowest BCUT2D eigenvalue weighted by molar-refractivity contribution is 0.101. The number of carbonyl (C=O) groups is 1. The third-order valence-corrected chi connectivity index (χ3v) is 3.08. The molecule has 0 amide bonds. The lowest BCUT2D eigenvalue weighted by Crippen LogP contribution is -2.08. The molecule has 1 aromatic heterocycles. The van der Waals surface area contributed by atoms with Gasteiger partial charge in [-0.05, 0) is 17.7 Å². The van der Waals surface area contributed by atoms with Crippen LogP contribution in [0.25, 0.3) is 0 Å². The van der Waals surface area contributed by atoms with E-state index in [-0.39, 0.29) is 11.5 Å². The van der Waals surface area contributed by atoms with Crippen molar-refractivity contribution in [1.29, 1.82) is 5.26 Å². The Labute approximate surface area is 117 Å². The fourth-order valence-corrected chi connectivity index (χ4v) is 2.11. The molecule has 0 aliphatic rings. The molecule has 0 aliphatic heterocycles. The maximum absolute atomic E-state index is 11.7. The molecule has 102 valence electrons. The van der Waals surface area contributed by atoms with Crippen LogP contribution in [0.4, 0.5) is 5.69 Å². The summed E-state index contributed by atoms with van der Waals surface area (Å²) in [6, 6.07) is 9.51. The van der Waals surface area contributed by atoms with Gasteiger partial charge in [0.15, 0.2) is 5.78 Å². The van der Waals surface area contributed by atoms with Gasteiger partial charge in [0.1, 0.15) is 17.5 Å². The van der Waals surface area contributed by atoms with Crippen LogP contribution in [0.5, 0.6) is 5.75 Å². The van der Waals surface area contributed by atoms with Crippen molar-refractivity contribution < 1.29 is 9.53 Å². The van der Waals surface area contributed by atoms with Crippen molar-refractivity contribution >= 4 is 11.5 Å². The molecule has 0 unspecified atom stereocenters. The van der Waals surface area contributed by atoms with E-state index in [1.54, 1.807) is 17.9 Å². The molecule has 0 fully saturated rings. The summed E-state index contributed by atoms with van der Waals surface area (Å²) in [4.78, 5) is 11.7. The number of nitrogen functional groups attached to an aromatic ring is 1. The second kappa shape index (κ2) is 5.49. The number of ketones is 1. The van der Waals surface area contributed by atoms with Crippen molar-refractivity contribution in [2.75, 3.05) is 12.8 Å². The Morgan fingerprint density at radius 1 is 1.40 bits per heavy atom. The minimum absolute atomic E-state index is 0.155. The number of nitrogens with two attached hydrogens (primary N) is 1. The van der Waals surface area contributed by atoms with Crippen LogP contribution < -0.4 is 10.5 Å². The van der Waals surface area contributed by atoms with Crippen LogP contribution >= 0.6 is 0 Å². The fourth-order valence-electron chi connectivity index (χ4n) is 2.11. The number of aromatic nitrogens is 1. The van der Waals surface area contributed by atoms with Crippen LogP contribution in [0, 0.1) is 11.3 Å². The summed E-state index contributed by atoms with van der Waals surface area (Å²) in [5.74, 6) is 0.614. The number of ether oxygens (including phenoxy) is 1. The predicted octanol–water partition coefficient (Wildman–Crippen LogP) is 2.20. The van der Waals surface area contributed by atoms with E-state index >= 15 is 0 Å². The molecule has 1 heterocycles. The van der Waals surface area contributed by atoms with E-state index < -0.39 is 0 Å². The lowest BCUT2D eigenvalue weighted by atomic mass is 10.2. The average Bonchev–Trinajstić information content (AvgIpc) is 2.75. The first-order valence-corrected chi connectivity index (χ1v) is 6.09. The number of benzene rings is 1. The molecular formula is C15H15N3O2. The van der Waals surface area contributed by atoms with E-state index in [0.717, 1.165) is 11.3 Å². The minimum atomic E-state index is -0.155. The van der Waals surface area contributed by atoms with Crippen molar-refractivity contribution in [1.82, 2.24) is 4.57 Å². The molecule has 0 spiro atoms. The molecule has 1 aromatic carbocycles. The van der Waals surface area contributed by atoms with Crippen LogP contribution in [-0.4, -0.2) is 17.5 Å². The Bertz CT molecular complexity index is 678. The largest absolute Gasteiger partial charge is 0.497 e. The Morgan fingerprint density at radius 2 is 2.05 bits per heavy atom. The summed E-state index contributed by atoms with van der Waals surface area (Å²) < 4.78 is 6.80. The topological polar surface area (TPSA) is 81.0 Å². The number of methoxy groups -OCH3 is 1. The fraction of sp³-hybridized carbons (Fsp3) is 0.200. The highest BCUT2D eigenvalue weighted by molar-refractivity contribution is 5.99. The Morgan fingerprint density at radius 3 is 2.55 bits per heavy atom. The van der Waals surface area contributed by atoms with Crippen molar-refractivity contribution in [2.24, 2.45) is 0 Å². The van der Waals surface area contributed by atoms with Crippen molar-refractivity contribution in [3.05, 3.63) is 47.3 Å². The SMILES string of the molecule is COc1ccc(Cn2cc(C#N)c(N)c2C(C)=O)cc1. The molecule has 0 saturated carbocycles. The molecule has 0 radical (unpaired) electrons. The maximum Gasteiger partial charge on any atom is 0.178 e. The van der Waals surface area contributed by atoms with Crippen LogP contribution in [-0.2, 0) is 6.54 Å². The highest BCUT2D eigenvalue weighted by Gasteiger charge is 2.16. The molecule has 5 nitrogen and oxygen atoms in total. The maximum atomic E-state index is 11.7. The van der Waals surface area contributed by atoms with Gasteiger partial charge in [0.2, 0.25) is 0 Å². The number of anilines is 1. The van der Waals surface area contributed by atoms with Gasteiger partial charge < -0.3 is 15.0 Å². The lowest BCUT2D eigenvalue weighted by Gasteiger charge is -2.08. The van der Waals surface area contributed by atoms with Crippen molar-refractivity contribution in [3.63, 3.8) is 0 Å². The normalized spacial score (nSPS) is 10.1. The van der Waals surface area contributed by atoms with E-state index in [1.807, 2.05) is 30.3 Å². The molecule has 2 N–H and O–H groups in total. The van der Waals surface area contributed by atoms with Crippen LogP contribution in [0.15, 0.2) is 30.5 Å². The third-order valence-electron chi connectivity index (χ3n) is 3.08. The van der Waals surface area contributed by atoms with Gasteiger partial charge in [0.25, 0.3) is 0 Å². The van der Waals surface area contributed by atoms with Crippen LogP contribution in [0.2, 0.25) is 0 Å². The van der Waals surface area contributed by atoms with E-state index in [1.165, 1.54) is 6.92 Å². The molecule has 0 atom stereocenters. The number of hydrogen-bond acceptors (Lipinski definition) is 4. The van der Waals surface area contributed by atoms with Gasteiger partial charge in [-0.1, -0.05) is 12.1 Å². The number of nitriles is 1. The number of Topliss-reactive ketones (excluding diaryl/α,β-unsaturated/α-hetero) is 1. The standard InChI is InChI=1S/C15H15N3O2/c1-10(19)15-14(17)12(7-16)9-18(15)8-11-3-5-13(20-2)6-4-11/h3-6,9H,8,17H2,1-2H3. The molecule has 2 aromatic rings. The minimum Gasteiger partial charge on any atom is -0.497 e. The molecule has 2 rings (SSSR count). The van der Waals surface area contributed by atoms with E-state index in [9.17, 15) is 4.79 Å². The molecule has 0 saturated heterocycles. The second-order valence-corrected chi connectivity index (χ2v) is 4.45. The van der Waals surface area contributed by atoms with Gasteiger partial charge in [-0.25, -0.2) is 0 Å². The monoisotopic (exact) mass is 269 g/mol. The van der Waals surface area contributed by atoms with Gasteiger partial charge >= 0.3 is 0 Å². The van der Waals surface area contributed by atoms with E-state index in [2.05, 4.69) is 0 Å². The first-order chi connectivity index (χ1) is 9.56. The zero-order chi connectivity index (χ0) is 14.7. The zero-order valence-electron chi connectivity index (χ0n) is 11.4. The number of carbonyl (C=O) groups excluding carboxylic acids is 1. The van der Waals surface area contributed by atoms with Gasteiger partial charge in [-0.2, -0.15) is 5.26 Å². The third kappa shape index (κ3) is 2.50. The van der Waals surface area contributed by atoms with Crippen molar-refractivity contribution in [3.8, 4) is 11.8 Å². The Hall–Kier alpha value is -2.74. The molecule has 0 bridgehead atoms. The second-order valence-electron chi connectivity index (χ2n) is 4.45. The number of rotatable bonds is 4. The number of nitrogens with zero attached hydrogens (tertiary/aromatic N) is 2. The van der Waals surface area contributed by atoms with Gasteiger partial charge in [-0.3, -0.25) is 4.79 Å². The molecule has 5 heteroatoms. The summed E-state index contributed by atoms with van der Waals surface area (Å²) in [5.41, 5.74) is 7.76. The molecule has 20 heavy (non-hydrogen) atoms. The summed E-state index contributed by atoms with van der Waals surface area (Å²) in [7, 11) is 1.61. The van der Waals surface area contributed by atoms with Crippen LogP contribution in [0.1, 0.15) is 28.5 Å². The van der Waals surface area contributed by atoms with Gasteiger partial charge in [0, 0.05) is 19.7 Å². The Kier molecular flexibility index (Phi) is 3.76. The van der Waals surface area contributed by atoms with Gasteiger partial charge in [-0.15, -0.1) is 0 Å². The summed E-state index contributed by atoms with van der Waals surface area (Å²) in [5, 5.41) is 9.00. The zero-order valence-corrected chi connectivity index (χ0v) is 11.4. The summed E-state index contributed by atoms with van der Waals surface area (Å²) in [6.07, 6.45) is 1.61. The first kappa shape index (κ1) is 13.7. The Balaban J connectivity index is 2.37. The molecular weight excluding hydrogens is 254 g/mol. The number of hydrogen-bond donors (Lipinski definition) is 1. The first-order valence-electron chi connectivity index (χ1n) is 6.09. The highest BCUT2D eigenvalue weighted by atomic mass is 16.5. The van der Waals surface area contributed by atoms with Crippen molar-refractivity contribution in [2.45, 2.75) is 13.5 Å². The predicted molar refractivity (Wildman–Crippen MR) is 75.7 cm³/mol. The van der Waals surface area contributed by atoms with Crippen LogP contribution in [0.3, 0.4) is 0 Å². The summed E-state index contributed by atoms with van der Waals surface area (Å²) in [6.45, 7) is 1.92. The molecule has 0 aliphatic carbocycles. The summed E-state index contributed by atoms with van der Waals surface area (Å²) >= 11 is 0. The van der Waals surface area contributed by atoms with Gasteiger partial charge in [0.05, 0.1) is 18.4 Å². The smallest absolute Gasteiger partial charge is 0.178 e. The highest BCUT2D eigenvalue weighted by Crippen LogP contribution is 2.22. The van der Waals surface area contributed by atoms with E-state index in [0.29, 0.717) is 17.8 Å².